The summed E-state index contributed by atoms with van der Waals surface area (Å²) in [6, 6.07) is 7.34. The van der Waals surface area contributed by atoms with Crippen molar-refractivity contribution in [3.63, 3.8) is 0 Å². The van der Waals surface area contributed by atoms with Crippen LogP contribution in [-0.4, -0.2) is 14.1 Å². The Bertz CT molecular complexity index is 1290. The van der Waals surface area contributed by atoms with Crippen molar-refractivity contribution < 1.29 is 0 Å². The van der Waals surface area contributed by atoms with Crippen LogP contribution < -0.4 is 11.0 Å². The molecule has 148 valence electrons. The Morgan fingerprint density at radius 1 is 1.03 bits per heavy atom. The number of pyridine rings is 1. The first-order valence-electron chi connectivity index (χ1n) is 10.5. The fraction of sp³-hybridized carbons (Fsp3) is 0.375. The maximum Gasteiger partial charge on any atom is 0.267 e. The zero-order chi connectivity index (χ0) is 20.1. The van der Waals surface area contributed by atoms with E-state index >= 15 is 0 Å². The third-order valence-corrected chi connectivity index (χ3v) is 6.57. The van der Waals surface area contributed by atoms with E-state index in [1.807, 2.05) is 46.5 Å². The van der Waals surface area contributed by atoms with E-state index in [0.29, 0.717) is 11.0 Å². The van der Waals surface area contributed by atoms with E-state index in [1.54, 1.807) is 6.07 Å². The Kier molecular flexibility index (Phi) is 4.26. The first-order valence-corrected chi connectivity index (χ1v) is 10.5. The molecule has 0 saturated heterocycles. The Hall–Kier alpha value is -2.95. The molecule has 0 bridgehead atoms. The number of aromatic nitrogens is 3. The van der Waals surface area contributed by atoms with E-state index in [-0.39, 0.29) is 34.3 Å². The van der Waals surface area contributed by atoms with Gasteiger partial charge in [-0.05, 0) is 30.9 Å². The molecule has 0 N–H and O–H groups in total. The van der Waals surface area contributed by atoms with Gasteiger partial charge in [-0.2, -0.15) is 0 Å². The van der Waals surface area contributed by atoms with Crippen LogP contribution in [0.25, 0.3) is 21.9 Å². The monoisotopic (exact) mass is 387 g/mol. The lowest BCUT2D eigenvalue weighted by Crippen LogP contribution is -2.35. The van der Waals surface area contributed by atoms with Crippen molar-refractivity contribution in [3.05, 3.63) is 75.0 Å². The van der Waals surface area contributed by atoms with E-state index in [1.165, 1.54) is 0 Å². The van der Waals surface area contributed by atoms with Crippen LogP contribution in [0.1, 0.15) is 50.4 Å². The molecule has 5 heteroatoms. The van der Waals surface area contributed by atoms with Gasteiger partial charge in [0.2, 0.25) is 5.43 Å². The summed E-state index contributed by atoms with van der Waals surface area (Å²) in [5.74, 6) is 1.27. The van der Waals surface area contributed by atoms with Gasteiger partial charge in [0.1, 0.15) is 11.2 Å². The highest BCUT2D eigenvalue weighted by Crippen LogP contribution is 2.36. The van der Waals surface area contributed by atoms with Crippen molar-refractivity contribution in [2.75, 3.05) is 0 Å². The van der Waals surface area contributed by atoms with Crippen LogP contribution in [0, 0.1) is 5.92 Å². The highest BCUT2D eigenvalue weighted by molar-refractivity contribution is 5.91. The average Bonchev–Trinajstić information content (AvgIpc) is 3.27. The van der Waals surface area contributed by atoms with E-state index in [9.17, 15) is 9.59 Å². The van der Waals surface area contributed by atoms with Gasteiger partial charge in [0.15, 0.2) is 5.65 Å². The van der Waals surface area contributed by atoms with E-state index < -0.39 is 0 Å². The van der Waals surface area contributed by atoms with Gasteiger partial charge in [-0.1, -0.05) is 56.2 Å². The van der Waals surface area contributed by atoms with Gasteiger partial charge in [0, 0.05) is 18.4 Å². The summed E-state index contributed by atoms with van der Waals surface area (Å²) in [4.78, 5) is 32.1. The molecule has 3 aromatic rings. The van der Waals surface area contributed by atoms with E-state index in [0.717, 1.165) is 37.0 Å². The van der Waals surface area contributed by atoms with Gasteiger partial charge >= 0.3 is 0 Å². The zero-order valence-corrected chi connectivity index (χ0v) is 16.8. The number of benzene rings is 1. The van der Waals surface area contributed by atoms with Gasteiger partial charge in [0.25, 0.3) is 5.56 Å². The minimum Gasteiger partial charge on any atom is -0.328 e. The normalized spacial score (nSPS) is 22.1. The number of fused-ring (bicyclic) bond motifs is 2. The highest BCUT2D eigenvalue weighted by atomic mass is 16.1. The summed E-state index contributed by atoms with van der Waals surface area (Å²) < 4.78 is 3.72. The van der Waals surface area contributed by atoms with Crippen LogP contribution >= 0.6 is 0 Å². The molecule has 1 fully saturated rings. The maximum atomic E-state index is 13.8. The van der Waals surface area contributed by atoms with Gasteiger partial charge in [0.05, 0.1) is 11.6 Å². The van der Waals surface area contributed by atoms with Crippen LogP contribution in [0.15, 0.2) is 58.2 Å². The number of aryl methyl sites for hydroxylation is 1. The number of hydrogen-bond donors (Lipinski definition) is 0. The molecule has 0 radical (unpaired) electrons. The molecule has 1 saturated carbocycles. The molecule has 2 aromatic heterocycles. The minimum atomic E-state index is -0.221. The molecule has 2 aliphatic carbocycles. The summed E-state index contributed by atoms with van der Waals surface area (Å²) >= 11 is 0. The summed E-state index contributed by atoms with van der Waals surface area (Å²) in [5.41, 5.74) is 0.877. The van der Waals surface area contributed by atoms with Crippen molar-refractivity contribution in [1.29, 1.82) is 0 Å². The van der Waals surface area contributed by atoms with Crippen molar-refractivity contribution in [1.82, 2.24) is 14.1 Å². The van der Waals surface area contributed by atoms with Crippen LogP contribution in [0.4, 0.5) is 0 Å². The summed E-state index contributed by atoms with van der Waals surface area (Å²) in [6.45, 7) is 2.11. The number of nitrogens with zero attached hydrogens (tertiary/aromatic N) is 3. The molecule has 0 aliphatic heterocycles. The molecule has 2 aliphatic rings. The molecular weight excluding hydrogens is 362 g/mol. The lowest BCUT2D eigenvalue weighted by atomic mass is 9.95. The first kappa shape index (κ1) is 18.1. The van der Waals surface area contributed by atoms with Crippen molar-refractivity contribution in [2.24, 2.45) is 13.0 Å². The first-order chi connectivity index (χ1) is 14.1. The molecule has 5 nitrogen and oxygen atoms in total. The predicted molar refractivity (Wildman–Crippen MR) is 116 cm³/mol. The Morgan fingerprint density at radius 3 is 2.52 bits per heavy atom. The lowest BCUT2D eigenvalue weighted by Gasteiger charge is -2.28. The standard InChI is InChI=1S/C24H25N3O2/c1-15-9-3-7-13-18(15)27-22(16-10-4-5-11-16)25-23-20(24(27)29)21(28)17-12-6-8-14-19(17)26(23)2/h3,6-9,12-16,18H,4-5,10-11H2,1-2H3. The quantitative estimate of drug-likeness (QED) is 0.619. The smallest absolute Gasteiger partial charge is 0.267 e. The average molecular weight is 387 g/mol. The van der Waals surface area contributed by atoms with Crippen LogP contribution in [0.2, 0.25) is 0 Å². The Morgan fingerprint density at radius 2 is 1.76 bits per heavy atom. The van der Waals surface area contributed by atoms with E-state index in [2.05, 4.69) is 19.1 Å². The fourth-order valence-electron chi connectivity index (χ4n) is 4.97. The van der Waals surface area contributed by atoms with Gasteiger partial charge in [-0.3, -0.25) is 14.2 Å². The third kappa shape index (κ3) is 2.71. The van der Waals surface area contributed by atoms with Crippen LogP contribution in [0.5, 0.6) is 0 Å². The lowest BCUT2D eigenvalue weighted by molar-refractivity contribution is 0.435. The number of hydrogen-bond acceptors (Lipinski definition) is 3. The molecule has 0 spiro atoms. The number of para-hydroxylation sites is 1. The summed E-state index contributed by atoms with van der Waals surface area (Å²) in [6.07, 6.45) is 12.6. The third-order valence-electron chi connectivity index (χ3n) is 6.57. The molecule has 0 amide bonds. The molecular formula is C24H25N3O2. The second-order valence-corrected chi connectivity index (χ2v) is 8.35. The summed E-state index contributed by atoms with van der Waals surface area (Å²) in [7, 11) is 1.89. The SMILES string of the molecule is CC1C=CC=CC1n1c(C2CCCC2)nc2c(c(=O)c3ccccc3n2C)c1=O. The highest BCUT2D eigenvalue weighted by Gasteiger charge is 2.29. The molecule has 2 unspecified atom stereocenters. The molecule has 2 atom stereocenters. The van der Waals surface area contributed by atoms with Crippen molar-refractivity contribution in [3.8, 4) is 0 Å². The molecule has 29 heavy (non-hydrogen) atoms. The van der Waals surface area contributed by atoms with Gasteiger partial charge in [-0.25, -0.2) is 4.98 Å². The van der Waals surface area contributed by atoms with E-state index in [4.69, 9.17) is 4.98 Å². The number of allylic oxidation sites excluding steroid dienone is 4. The van der Waals surface area contributed by atoms with Gasteiger partial charge < -0.3 is 4.57 Å². The second kappa shape index (κ2) is 6.83. The zero-order valence-electron chi connectivity index (χ0n) is 16.8. The van der Waals surface area contributed by atoms with Gasteiger partial charge in [-0.15, -0.1) is 0 Å². The van der Waals surface area contributed by atoms with Crippen LogP contribution in [0.3, 0.4) is 0 Å². The molecule has 2 heterocycles. The topological polar surface area (TPSA) is 56.9 Å². The number of rotatable bonds is 2. The largest absolute Gasteiger partial charge is 0.328 e. The molecule has 5 rings (SSSR count). The second-order valence-electron chi connectivity index (χ2n) is 8.35. The Labute approximate surface area is 169 Å². The minimum absolute atomic E-state index is 0.115. The maximum absolute atomic E-state index is 13.8. The Balaban J connectivity index is 1.92. The van der Waals surface area contributed by atoms with Crippen molar-refractivity contribution in [2.45, 2.75) is 44.6 Å². The fourth-order valence-corrected chi connectivity index (χ4v) is 4.97. The predicted octanol–water partition coefficient (Wildman–Crippen LogP) is 4.21. The van der Waals surface area contributed by atoms with Crippen LogP contribution in [-0.2, 0) is 7.05 Å². The van der Waals surface area contributed by atoms with Crippen molar-refractivity contribution >= 4 is 21.9 Å². The molecule has 1 aromatic carbocycles. The summed E-state index contributed by atoms with van der Waals surface area (Å²) in [5, 5.41) is 0.761.